The highest BCUT2D eigenvalue weighted by Gasteiger charge is 2.05. The second kappa shape index (κ2) is 7.05. The number of carbonyl (C=O) groups is 1. The molecule has 0 N–H and O–H groups in total. The van der Waals surface area contributed by atoms with Gasteiger partial charge < -0.3 is 0 Å². The molecule has 4 heteroatoms. The minimum Gasteiger partial charge on any atom is -0.298 e. The van der Waals surface area contributed by atoms with E-state index < -0.39 is 0 Å². The minimum absolute atomic E-state index is 0.149. The van der Waals surface area contributed by atoms with E-state index in [1.165, 1.54) is 23.9 Å². The van der Waals surface area contributed by atoms with Crippen molar-refractivity contribution in [1.82, 2.24) is 0 Å². The quantitative estimate of drug-likeness (QED) is 0.562. The van der Waals surface area contributed by atoms with Gasteiger partial charge in [0.05, 0.1) is 5.75 Å². The molecule has 0 unspecified atom stereocenters. The van der Waals surface area contributed by atoms with Crippen LogP contribution in [0.4, 0.5) is 4.39 Å². The highest BCUT2D eigenvalue weighted by Crippen LogP contribution is 2.19. The van der Waals surface area contributed by atoms with Crippen molar-refractivity contribution in [2.75, 3.05) is 5.75 Å². The zero-order valence-corrected chi connectivity index (χ0v) is 13.1. The standard InChI is InChI=1S/C15H12FIOS/c16-12-2-1-3-15(9-12)19-10-14(18)8-11-4-6-13(17)7-5-11/h1-7,9H,8,10H2. The molecule has 0 amide bonds. The Morgan fingerprint density at radius 2 is 1.89 bits per heavy atom. The van der Waals surface area contributed by atoms with Crippen LogP contribution in [-0.2, 0) is 11.2 Å². The Bertz CT molecular complexity index is 569. The molecule has 0 bridgehead atoms. The SMILES string of the molecule is O=C(CSc1cccc(F)c1)Cc1ccc(I)cc1. The Hall–Kier alpha value is -0.880. The molecular weight excluding hydrogens is 374 g/mol. The van der Waals surface area contributed by atoms with Crippen LogP contribution in [0.1, 0.15) is 5.56 Å². The van der Waals surface area contributed by atoms with Crippen LogP contribution in [0.5, 0.6) is 0 Å². The van der Waals surface area contributed by atoms with Gasteiger partial charge in [-0.05, 0) is 58.5 Å². The fourth-order valence-corrected chi connectivity index (χ4v) is 2.76. The van der Waals surface area contributed by atoms with Gasteiger partial charge in [0, 0.05) is 14.9 Å². The Kier molecular flexibility index (Phi) is 5.39. The van der Waals surface area contributed by atoms with Gasteiger partial charge in [-0.2, -0.15) is 0 Å². The molecule has 0 heterocycles. The molecule has 0 fully saturated rings. The first kappa shape index (κ1) is 14.5. The number of hydrogen-bond donors (Lipinski definition) is 0. The number of carbonyl (C=O) groups excluding carboxylic acids is 1. The summed E-state index contributed by atoms with van der Waals surface area (Å²) in [5, 5.41) is 0. The molecule has 1 nitrogen and oxygen atoms in total. The van der Waals surface area contributed by atoms with E-state index >= 15 is 0 Å². The van der Waals surface area contributed by atoms with E-state index in [1.807, 2.05) is 30.3 Å². The van der Waals surface area contributed by atoms with E-state index in [0.717, 1.165) is 14.0 Å². The van der Waals surface area contributed by atoms with Crippen molar-refractivity contribution < 1.29 is 9.18 Å². The van der Waals surface area contributed by atoms with Crippen molar-refractivity contribution in [2.24, 2.45) is 0 Å². The Labute approximate surface area is 129 Å². The first-order chi connectivity index (χ1) is 9.13. The third-order valence-corrected chi connectivity index (χ3v) is 4.28. The van der Waals surface area contributed by atoms with Crippen LogP contribution >= 0.6 is 34.4 Å². The van der Waals surface area contributed by atoms with E-state index in [0.29, 0.717) is 12.2 Å². The zero-order chi connectivity index (χ0) is 13.7. The molecule has 2 aromatic rings. The minimum atomic E-state index is -0.268. The predicted molar refractivity (Wildman–Crippen MR) is 85.0 cm³/mol. The fraction of sp³-hybridized carbons (Fsp3) is 0.133. The Balaban J connectivity index is 1.86. The average Bonchev–Trinajstić information content (AvgIpc) is 2.39. The molecular formula is C15H12FIOS. The van der Waals surface area contributed by atoms with Gasteiger partial charge in [-0.3, -0.25) is 4.79 Å². The van der Waals surface area contributed by atoms with Crippen LogP contribution in [0.3, 0.4) is 0 Å². The highest BCUT2D eigenvalue weighted by molar-refractivity contribution is 14.1. The summed E-state index contributed by atoms with van der Waals surface area (Å²) in [5.74, 6) is 0.251. The highest BCUT2D eigenvalue weighted by atomic mass is 127. The van der Waals surface area contributed by atoms with Crippen LogP contribution in [0, 0.1) is 9.39 Å². The van der Waals surface area contributed by atoms with E-state index in [2.05, 4.69) is 22.6 Å². The summed E-state index contributed by atoms with van der Waals surface area (Å²) in [6, 6.07) is 14.2. The molecule has 0 aromatic heterocycles. The Morgan fingerprint density at radius 1 is 1.16 bits per heavy atom. The monoisotopic (exact) mass is 386 g/mol. The zero-order valence-electron chi connectivity index (χ0n) is 10.1. The normalized spacial score (nSPS) is 10.4. The van der Waals surface area contributed by atoms with Gasteiger partial charge in [-0.1, -0.05) is 18.2 Å². The molecule has 2 rings (SSSR count). The lowest BCUT2D eigenvalue weighted by atomic mass is 10.1. The van der Waals surface area contributed by atoms with Crippen molar-refractivity contribution in [2.45, 2.75) is 11.3 Å². The van der Waals surface area contributed by atoms with Crippen molar-refractivity contribution in [3.8, 4) is 0 Å². The van der Waals surface area contributed by atoms with Crippen LogP contribution < -0.4 is 0 Å². The first-order valence-electron chi connectivity index (χ1n) is 5.78. The van der Waals surface area contributed by atoms with Gasteiger partial charge in [0.2, 0.25) is 0 Å². The molecule has 0 atom stereocenters. The number of benzene rings is 2. The lowest BCUT2D eigenvalue weighted by Crippen LogP contribution is -2.05. The largest absolute Gasteiger partial charge is 0.298 e. The van der Waals surface area contributed by atoms with E-state index in [-0.39, 0.29) is 11.6 Å². The van der Waals surface area contributed by atoms with Crippen molar-refractivity contribution in [3.63, 3.8) is 0 Å². The number of halogens is 2. The maximum atomic E-state index is 13.0. The molecule has 0 aliphatic heterocycles. The van der Waals surface area contributed by atoms with Crippen LogP contribution in [0.2, 0.25) is 0 Å². The third-order valence-electron chi connectivity index (χ3n) is 2.51. The molecule has 0 saturated carbocycles. The number of Topliss-reactive ketones (excluding diaryl/α,β-unsaturated/α-hetero) is 1. The summed E-state index contributed by atoms with van der Waals surface area (Å²) in [7, 11) is 0. The summed E-state index contributed by atoms with van der Waals surface area (Å²) < 4.78 is 14.1. The Morgan fingerprint density at radius 3 is 2.58 bits per heavy atom. The molecule has 19 heavy (non-hydrogen) atoms. The maximum Gasteiger partial charge on any atom is 0.147 e. The number of rotatable bonds is 5. The summed E-state index contributed by atoms with van der Waals surface area (Å²) in [5.41, 5.74) is 1.02. The number of thioether (sulfide) groups is 1. The summed E-state index contributed by atoms with van der Waals surface area (Å²) >= 11 is 3.61. The van der Waals surface area contributed by atoms with Gasteiger partial charge in [-0.15, -0.1) is 11.8 Å². The molecule has 0 saturated heterocycles. The second-order valence-electron chi connectivity index (χ2n) is 4.09. The number of hydrogen-bond acceptors (Lipinski definition) is 2. The van der Waals surface area contributed by atoms with Crippen LogP contribution in [0.25, 0.3) is 0 Å². The number of ketones is 1. The molecule has 0 spiro atoms. The molecule has 2 aromatic carbocycles. The molecule has 0 aliphatic carbocycles. The fourth-order valence-electron chi connectivity index (χ4n) is 1.60. The first-order valence-corrected chi connectivity index (χ1v) is 7.84. The molecule has 0 aliphatic rings. The van der Waals surface area contributed by atoms with Gasteiger partial charge in [0.25, 0.3) is 0 Å². The summed E-state index contributed by atoms with van der Waals surface area (Å²) in [6.45, 7) is 0. The topological polar surface area (TPSA) is 17.1 Å². The molecule has 98 valence electrons. The average molecular weight is 386 g/mol. The summed E-state index contributed by atoms with van der Waals surface area (Å²) in [4.78, 5) is 12.6. The van der Waals surface area contributed by atoms with Gasteiger partial charge in [0.1, 0.15) is 11.6 Å². The van der Waals surface area contributed by atoms with E-state index in [4.69, 9.17) is 0 Å². The summed E-state index contributed by atoms with van der Waals surface area (Å²) in [6.07, 6.45) is 0.430. The van der Waals surface area contributed by atoms with E-state index in [1.54, 1.807) is 6.07 Å². The second-order valence-corrected chi connectivity index (χ2v) is 6.38. The van der Waals surface area contributed by atoms with Gasteiger partial charge in [-0.25, -0.2) is 4.39 Å². The van der Waals surface area contributed by atoms with Gasteiger partial charge >= 0.3 is 0 Å². The van der Waals surface area contributed by atoms with Crippen LogP contribution in [-0.4, -0.2) is 11.5 Å². The van der Waals surface area contributed by atoms with Crippen molar-refractivity contribution >= 4 is 40.1 Å². The predicted octanol–water partition coefficient (Wildman–Crippen LogP) is 4.33. The lowest BCUT2D eigenvalue weighted by Gasteiger charge is -2.02. The van der Waals surface area contributed by atoms with Crippen molar-refractivity contribution in [3.05, 3.63) is 63.5 Å². The van der Waals surface area contributed by atoms with Crippen LogP contribution in [0.15, 0.2) is 53.4 Å². The van der Waals surface area contributed by atoms with Gasteiger partial charge in [0.15, 0.2) is 0 Å². The molecule has 0 radical (unpaired) electrons. The third kappa shape index (κ3) is 4.95. The maximum absolute atomic E-state index is 13.0. The van der Waals surface area contributed by atoms with Crippen molar-refractivity contribution in [1.29, 1.82) is 0 Å². The lowest BCUT2D eigenvalue weighted by molar-refractivity contribution is -0.116. The smallest absolute Gasteiger partial charge is 0.147 e. The van der Waals surface area contributed by atoms with E-state index in [9.17, 15) is 9.18 Å².